The van der Waals surface area contributed by atoms with E-state index < -0.39 is 0 Å². The van der Waals surface area contributed by atoms with E-state index in [1.165, 1.54) is 89.9 Å². The molecular weight excluding hydrogens is 258 g/mol. The maximum Gasteiger partial charge on any atom is 0.0725 e. The summed E-state index contributed by atoms with van der Waals surface area (Å²) in [5, 5.41) is 0. The van der Waals surface area contributed by atoms with E-state index in [1.54, 1.807) is 0 Å². The van der Waals surface area contributed by atoms with Gasteiger partial charge in [-0.15, -0.1) is 0 Å². The van der Waals surface area contributed by atoms with Gasteiger partial charge in [0, 0.05) is 12.6 Å². The summed E-state index contributed by atoms with van der Waals surface area (Å²) in [6.45, 7) is 3.21. The summed E-state index contributed by atoms with van der Waals surface area (Å²) in [6.07, 6.45) is 20.5. The normalized spacial score (nSPS) is 23.1. The zero-order chi connectivity index (χ0) is 15.2. The van der Waals surface area contributed by atoms with Gasteiger partial charge in [0.15, 0.2) is 0 Å². The third-order valence-corrected chi connectivity index (χ3v) is 4.83. The molecule has 0 aliphatic heterocycles. The molecule has 0 aromatic rings. The highest BCUT2D eigenvalue weighted by Gasteiger charge is 2.20. The molecule has 0 spiro atoms. The summed E-state index contributed by atoms with van der Waals surface area (Å²) in [5.74, 6) is 0. The molecule has 1 rings (SSSR count). The number of ether oxygens (including phenoxy) is 1. The Balaban J connectivity index is 1.83. The van der Waals surface area contributed by atoms with Crippen LogP contribution in [0.15, 0.2) is 0 Å². The van der Waals surface area contributed by atoms with Gasteiger partial charge in [-0.3, -0.25) is 0 Å². The molecule has 1 aliphatic rings. The van der Waals surface area contributed by atoms with Gasteiger partial charge in [0.1, 0.15) is 0 Å². The highest BCUT2D eigenvalue weighted by Crippen LogP contribution is 2.19. The van der Waals surface area contributed by atoms with Crippen LogP contribution in [-0.4, -0.2) is 18.8 Å². The van der Waals surface area contributed by atoms with Gasteiger partial charge >= 0.3 is 0 Å². The summed E-state index contributed by atoms with van der Waals surface area (Å²) in [4.78, 5) is 0. The Bertz CT molecular complexity index is 220. The molecule has 0 aromatic carbocycles. The summed E-state index contributed by atoms with van der Waals surface area (Å²) in [6, 6.07) is 0.288. The lowest BCUT2D eigenvalue weighted by atomic mass is 10.1. The summed E-state index contributed by atoms with van der Waals surface area (Å²) in [7, 11) is 0. The first kappa shape index (κ1) is 19.0. The molecule has 2 unspecified atom stereocenters. The van der Waals surface area contributed by atoms with Crippen molar-refractivity contribution in [2.24, 2.45) is 5.73 Å². The average Bonchev–Trinajstić information content (AvgIpc) is 2.69. The predicted octanol–water partition coefficient (Wildman–Crippen LogP) is 5.58. The van der Waals surface area contributed by atoms with Crippen molar-refractivity contribution >= 4 is 0 Å². The minimum atomic E-state index is 0.288. The molecule has 0 heterocycles. The van der Waals surface area contributed by atoms with Gasteiger partial charge in [0.2, 0.25) is 0 Å². The van der Waals surface area contributed by atoms with Crippen LogP contribution in [0.3, 0.4) is 0 Å². The van der Waals surface area contributed by atoms with Gasteiger partial charge in [0.05, 0.1) is 6.10 Å². The molecule has 2 heteroatoms. The second-order valence-corrected chi connectivity index (χ2v) is 6.89. The molecule has 126 valence electrons. The largest absolute Gasteiger partial charge is 0.377 e. The fourth-order valence-corrected chi connectivity index (χ4v) is 3.33. The minimum absolute atomic E-state index is 0.288. The minimum Gasteiger partial charge on any atom is -0.377 e. The molecule has 0 aromatic heterocycles. The smallest absolute Gasteiger partial charge is 0.0725 e. The Morgan fingerprint density at radius 1 is 0.762 bits per heavy atom. The van der Waals surface area contributed by atoms with Gasteiger partial charge < -0.3 is 10.5 Å². The quantitative estimate of drug-likeness (QED) is 0.377. The summed E-state index contributed by atoms with van der Waals surface area (Å²) < 4.78 is 6.02. The lowest BCUT2D eigenvalue weighted by Gasteiger charge is -2.21. The van der Waals surface area contributed by atoms with Crippen molar-refractivity contribution in [1.29, 1.82) is 0 Å². The molecule has 1 fully saturated rings. The molecule has 0 amide bonds. The number of unbranched alkanes of at least 4 members (excludes halogenated alkanes) is 9. The number of nitrogens with two attached hydrogens (primary N) is 1. The van der Waals surface area contributed by atoms with Crippen molar-refractivity contribution < 1.29 is 4.74 Å². The van der Waals surface area contributed by atoms with E-state index in [2.05, 4.69) is 6.92 Å². The highest BCUT2D eigenvalue weighted by molar-refractivity contribution is 4.76. The van der Waals surface area contributed by atoms with Crippen LogP contribution in [0.4, 0.5) is 0 Å². The fourth-order valence-electron chi connectivity index (χ4n) is 3.33. The molecule has 2 atom stereocenters. The lowest BCUT2D eigenvalue weighted by molar-refractivity contribution is 0.0290. The van der Waals surface area contributed by atoms with Crippen LogP contribution in [-0.2, 0) is 4.74 Å². The summed E-state index contributed by atoms with van der Waals surface area (Å²) >= 11 is 0. The first-order valence-electron chi connectivity index (χ1n) is 9.71. The number of hydrogen-bond donors (Lipinski definition) is 1. The Labute approximate surface area is 133 Å². The third kappa shape index (κ3) is 10.3. The Morgan fingerprint density at radius 2 is 1.33 bits per heavy atom. The standard InChI is InChI=1S/C19H39NO/c1-2-3-4-5-6-7-8-9-10-14-17-21-19-16-13-11-12-15-18(19)20/h18-19H,2-17,20H2,1H3. The molecule has 1 saturated carbocycles. The van der Waals surface area contributed by atoms with E-state index in [-0.39, 0.29) is 6.04 Å². The molecule has 1 aliphatic carbocycles. The highest BCUT2D eigenvalue weighted by atomic mass is 16.5. The van der Waals surface area contributed by atoms with Crippen LogP contribution in [0.25, 0.3) is 0 Å². The van der Waals surface area contributed by atoms with Gasteiger partial charge in [-0.05, 0) is 19.3 Å². The van der Waals surface area contributed by atoms with Crippen LogP contribution < -0.4 is 5.73 Å². The average molecular weight is 298 g/mol. The number of rotatable bonds is 12. The van der Waals surface area contributed by atoms with E-state index in [1.807, 2.05) is 0 Å². The van der Waals surface area contributed by atoms with Crippen molar-refractivity contribution in [2.45, 2.75) is 115 Å². The van der Waals surface area contributed by atoms with Gasteiger partial charge in [-0.2, -0.15) is 0 Å². The van der Waals surface area contributed by atoms with Crippen molar-refractivity contribution in [2.75, 3.05) is 6.61 Å². The van der Waals surface area contributed by atoms with Gasteiger partial charge in [-0.25, -0.2) is 0 Å². The first-order valence-corrected chi connectivity index (χ1v) is 9.71. The van der Waals surface area contributed by atoms with E-state index in [9.17, 15) is 0 Å². The second-order valence-electron chi connectivity index (χ2n) is 6.89. The van der Waals surface area contributed by atoms with Crippen LogP contribution in [0.2, 0.25) is 0 Å². The molecule has 21 heavy (non-hydrogen) atoms. The van der Waals surface area contributed by atoms with Crippen molar-refractivity contribution in [3.63, 3.8) is 0 Å². The van der Waals surface area contributed by atoms with Crippen LogP contribution in [0, 0.1) is 0 Å². The fraction of sp³-hybridized carbons (Fsp3) is 1.00. The molecule has 2 nitrogen and oxygen atoms in total. The third-order valence-electron chi connectivity index (χ3n) is 4.83. The Morgan fingerprint density at radius 3 is 2.00 bits per heavy atom. The molecule has 0 bridgehead atoms. The van der Waals surface area contributed by atoms with E-state index in [0.717, 1.165) is 13.0 Å². The van der Waals surface area contributed by atoms with Gasteiger partial charge in [0.25, 0.3) is 0 Å². The van der Waals surface area contributed by atoms with Crippen molar-refractivity contribution in [3.05, 3.63) is 0 Å². The molecule has 0 radical (unpaired) electrons. The van der Waals surface area contributed by atoms with E-state index >= 15 is 0 Å². The zero-order valence-corrected chi connectivity index (χ0v) is 14.5. The zero-order valence-electron chi connectivity index (χ0n) is 14.5. The maximum absolute atomic E-state index is 6.18. The van der Waals surface area contributed by atoms with Crippen LogP contribution in [0.1, 0.15) is 103 Å². The Hall–Kier alpha value is -0.0800. The SMILES string of the molecule is CCCCCCCCCCCCOC1CCCCCC1N. The topological polar surface area (TPSA) is 35.2 Å². The van der Waals surface area contributed by atoms with E-state index in [0.29, 0.717) is 6.10 Å². The number of hydrogen-bond acceptors (Lipinski definition) is 2. The van der Waals surface area contributed by atoms with Crippen molar-refractivity contribution in [3.8, 4) is 0 Å². The van der Waals surface area contributed by atoms with Crippen molar-refractivity contribution in [1.82, 2.24) is 0 Å². The molecular formula is C19H39NO. The van der Waals surface area contributed by atoms with Crippen LogP contribution >= 0.6 is 0 Å². The van der Waals surface area contributed by atoms with Gasteiger partial charge in [-0.1, -0.05) is 84.0 Å². The summed E-state index contributed by atoms with van der Waals surface area (Å²) in [5.41, 5.74) is 6.18. The monoisotopic (exact) mass is 297 g/mol. The van der Waals surface area contributed by atoms with Crippen LogP contribution in [0.5, 0.6) is 0 Å². The lowest BCUT2D eigenvalue weighted by Crippen LogP contribution is -2.35. The second kappa shape index (κ2) is 13.6. The molecule has 2 N–H and O–H groups in total. The predicted molar refractivity (Wildman–Crippen MR) is 92.6 cm³/mol. The maximum atomic E-state index is 6.18. The van der Waals surface area contributed by atoms with E-state index in [4.69, 9.17) is 10.5 Å². The first-order chi connectivity index (χ1) is 10.3. The Kier molecular flexibility index (Phi) is 12.3. The molecule has 0 saturated heterocycles.